The first-order chi connectivity index (χ1) is 16.7. The second-order valence-corrected chi connectivity index (χ2v) is 10.3. The van der Waals surface area contributed by atoms with Crippen LogP contribution in [0.3, 0.4) is 0 Å². The van der Waals surface area contributed by atoms with Crippen LogP contribution in [0.15, 0.2) is 79.4 Å². The normalized spacial score (nSPS) is 14.1. The van der Waals surface area contributed by atoms with Gasteiger partial charge in [-0.05, 0) is 36.8 Å². The van der Waals surface area contributed by atoms with Gasteiger partial charge in [0, 0.05) is 5.41 Å². The Morgan fingerprint density at radius 3 is 1.97 bits per heavy atom. The van der Waals surface area contributed by atoms with Crippen molar-refractivity contribution in [3.05, 3.63) is 90.5 Å². The van der Waals surface area contributed by atoms with Gasteiger partial charge in [-0.2, -0.15) is 0 Å². The van der Waals surface area contributed by atoms with Crippen LogP contribution in [0.4, 0.5) is 0 Å². The number of hydrogen-bond donors (Lipinski definition) is 0. The lowest BCUT2D eigenvalue weighted by Gasteiger charge is -2.36. The minimum atomic E-state index is 0.0198. The molecule has 0 fully saturated rings. The van der Waals surface area contributed by atoms with Crippen molar-refractivity contribution in [2.24, 2.45) is 0 Å². The van der Waals surface area contributed by atoms with Gasteiger partial charge in [-0.15, -0.1) is 0 Å². The molecule has 0 N–H and O–H groups in total. The minimum Gasteiger partial charge on any atom is -0.237 e. The molecule has 0 amide bonds. The van der Waals surface area contributed by atoms with Crippen molar-refractivity contribution >= 4 is 0 Å². The molecule has 0 aliphatic carbocycles. The van der Waals surface area contributed by atoms with Crippen LogP contribution in [0.2, 0.25) is 0 Å². The number of hydrogen-bond acceptors (Lipinski definition) is 0. The molecule has 34 heavy (non-hydrogen) atoms. The van der Waals surface area contributed by atoms with Crippen molar-refractivity contribution in [3.63, 3.8) is 0 Å². The SMILES string of the molecule is CCCCCCCCCCC[n+]1ccn(C(CC)C(C)(Cc2ccccc2)c2ccccc2)c1. The molecule has 3 rings (SSSR count). The molecule has 0 bridgehead atoms. The zero-order valence-electron chi connectivity index (χ0n) is 22.0. The Hall–Kier alpha value is -2.35. The Morgan fingerprint density at radius 1 is 0.765 bits per heavy atom. The lowest BCUT2D eigenvalue weighted by atomic mass is 9.70. The summed E-state index contributed by atoms with van der Waals surface area (Å²) in [6, 6.07) is 22.5. The monoisotopic (exact) mass is 459 g/mol. The standard InChI is InChI=1S/C32H47N2/c1-4-6-7-8-9-10-11-12-19-24-33-25-26-34(28-33)31(5-2)32(3,30-22-17-14-18-23-30)27-29-20-15-13-16-21-29/h13-18,20-23,25-26,28,31H,4-12,19,24,27H2,1-3H3/q+1. The molecule has 2 unspecified atom stereocenters. The summed E-state index contributed by atoms with van der Waals surface area (Å²) < 4.78 is 4.88. The van der Waals surface area contributed by atoms with E-state index in [9.17, 15) is 0 Å². The largest absolute Gasteiger partial charge is 0.244 e. The number of aromatic nitrogens is 2. The Labute approximate surface area is 209 Å². The van der Waals surface area contributed by atoms with E-state index in [2.05, 4.69) is 109 Å². The molecule has 0 aliphatic rings. The van der Waals surface area contributed by atoms with Gasteiger partial charge >= 0.3 is 0 Å². The third-order valence-electron chi connectivity index (χ3n) is 7.56. The molecule has 1 aromatic heterocycles. The zero-order valence-corrected chi connectivity index (χ0v) is 22.0. The Morgan fingerprint density at radius 2 is 1.35 bits per heavy atom. The van der Waals surface area contributed by atoms with E-state index in [1.54, 1.807) is 0 Å². The third-order valence-corrected chi connectivity index (χ3v) is 7.56. The van der Waals surface area contributed by atoms with E-state index in [1.165, 1.54) is 68.9 Å². The first kappa shape index (κ1) is 26.3. The fraction of sp³-hybridized carbons (Fsp3) is 0.531. The molecule has 1 heterocycles. The Balaban J connectivity index is 1.62. The highest BCUT2D eigenvalue weighted by atomic mass is 15.1. The molecule has 0 radical (unpaired) electrons. The first-order valence-electron chi connectivity index (χ1n) is 13.8. The Kier molecular flexibility index (Phi) is 10.9. The Bertz CT molecular complexity index is 914. The first-order valence-corrected chi connectivity index (χ1v) is 13.8. The predicted octanol–water partition coefficient (Wildman–Crippen LogP) is 8.46. The topological polar surface area (TPSA) is 8.81 Å². The van der Waals surface area contributed by atoms with E-state index >= 15 is 0 Å². The minimum absolute atomic E-state index is 0.0198. The van der Waals surface area contributed by atoms with E-state index in [1.807, 2.05) is 0 Å². The van der Waals surface area contributed by atoms with Gasteiger partial charge < -0.3 is 0 Å². The second kappa shape index (κ2) is 14.1. The maximum atomic E-state index is 2.48. The van der Waals surface area contributed by atoms with Crippen molar-refractivity contribution < 1.29 is 4.57 Å². The van der Waals surface area contributed by atoms with Gasteiger partial charge in [0.05, 0.1) is 6.54 Å². The van der Waals surface area contributed by atoms with Gasteiger partial charge in [0.25, 0.3) is 0 Å². The number of benzene rings is 2. The van der Waals surface area contributed by atoms with Crippen LogP contribution in [-0.4, -0.2) is 4.57 Å². The molecule has 2 nitrogen and oxygen atoms in total. The van der Waals surface area contributed by atoms with E-state index < -0.39 is 0 Å². The molecule has 184 valence electrons. The fourth-order valence-electron chi connectivity index (χ4n) is 5.57. The summed E-state index contributed by atoms with van der Waals surface area (Å²) >= 11 is 0. The van der Waals surface area contributed by atoms with Gasteiger partial charge in [0.1, 0.15) is 18.4 Å². The number of aryl methyl sites for hydroxylation is 1. The fourth-order valence-corrected chi connectivity index (χ4v) is 5.57. The molecule has 3 aromatic rings. The summed E-state index contributed by atoms with van der Waals surface area (Å²) in [6.07, 6.45) is 21.5. The van der Waals surface area contributed by atoms with Gasteiger partial charge in [0.2, 0.25) is 6.33 Å². The molecule has 0 spiro atoms. The van der Waals surface area contributed by atoms with Crippen molar-refractivity contribution in [2.45, 2.75) is 109 Å². The maximum Gasteiger partial charge on any atom is 0.244 e. The predicted molar refractivity (Wildman–Crippen MR) is 145 cm³/mol. The van der Waals surface area contributed by atoms with Crippen LogP contribution >= 0.6 is 0 Å². The highest BCUT2D eigenvalue weighted by Crippen LogP contribution is 2.40. The number of rotatable bonds is 16. The van der Waals surface area contributed by atoms with Gasteiger partial charge in [-0.25, -0.2) is 9.13 Å². The molecule has 0 saturated carbocycles. The average molecular weight is 460 g/mol. The molecule has 2 heteroatoms. The van der Waals surface area contributed by atoms with Crippen LogP contribution in [0, 0.1) is 0 Å². The van der Waals surface area contributed by atoms with Crippen LogP contribution in [0.5, 0.6) is 0 Å². The lowest BCUT2D eigenvalue weighted by molar-refractivity contribution is -0.697. The van der Waals surface area contributed by atoms with Crippen molar-refractivity contribution in [1.82, 2.24) is 4.57 Å². The molecule has 2 aromatic carbocycles. The van der Waals surface area contributed by atoms with E-state index in [0.29, 0.717) is 6.04 Å². The second-order valence-electron chi connectivity index (χ2n) is 10.3. The van der Waals surface area contributed by atoms with E-state index in [0.717, 1.165) is 19.4 Å². The van der Waals surface area contributed by atoms with Gasteiger partial charge in [-0.1, -0.05) is 126 Å². The smallest absolute Gasteiger partial charge is 0.237 e. The van der Waals surface area contributed by atoms with Crippen molar-refractivity contribution in [3.8, 4) is 0 Å². The summed E-state index contributed by atoms with van der Waals surface area (Å²) in [7, 11) is 0. The van der Waals surface area contributed by atoms with Crippen LogP contribution in [-0.2, 0) is 18.4 Å². The molecular weight excluding hydrogens is 412 g/mol. The van der Waals surface area contributed by atoms with Gasteiger partial charge in [-0.3, -0.25) is 0 Å². The number of imidazole rings is 1. The highest BCUT2D eigenvalue weighted by Gasteiger charge is 2.39. The summed E-state index contributed by atoms with van der Waals surface area (Å²) in [5.74, 6) is 0. The summed E-state index contributed by atoms with van der Waals surface area (Å²) in [6.45, 7) is 8.20. The molecule has 2 atom stereocenters. The lowest BCUT2D eigenvalue weighted by Crippen LogP contribution is -2.37. The number of unbranched alkanes of at least 4 members (excludes halogenated alkanes) is 8. The average Bonchev–Trinajstić information content (AvgIpc) is 3.33. The van der Waals surface area contributed by atoms with Gasteiger partial charge in [0.15, 0.2) is 0 Å². The van der Waals surface area contributed by atoms with Crippen LogP contribution < -0.4 is 4.57 Å². The number of nitrogens with zero attached hydrogens (tertiary/aromatic N) is 2. The molecule has 0 aliphatic heterocycles. The highest BCUT2D eigenvalue weighted by molar-refractivity contribution is 5.30. The van der Waals surface area contributed by atoms with E-state index in [4.69, 9.17) is 0 Å². The maximum absolute atomic E-state index is 2.48. The summed E-state index contributed by atoms with van der Waals surface area (Å²) in [4.78, 5) is 0. The summed E-state index contributed by atoms with van der Waals surface area (Å²) in [5, 5.41) is 0. The zero-order chi connectivity index (χ0) is 24.1. The van der Waals surface area contributed by atoms with E-state index in [-0.39, 0.29) is 5.41 Å². The third kappa shape index (κ3) is 7.58. The van der Waals surface area contributed by atoms with Crippen molar-refractivity contribution in [1.29, 1.82) is 0 Å². The quantitative estimate of drug-likeness (QED) is 0.150. The van der Waals surface area contributed by atoms with Crippen molar-refractivity contribution in [2.75, 3.05) is 0 Å². The van der Waals surface area contributed by atoms with Crippen LogP contribution in [0.25, 0.3) is 0 Å². The molecule has 0 saturated heterocycles. The molecular formula is C32H47N2+. The summed E-state index contributed by atoms with van der Waals surface area (Å²) in [5.41, 5.74) is 2.85. The van der Waals surface area contributed by atoms with Crippen LogP contribution in [0.1, 0.15) is 102 Å².